The topological polar surface area (TPSA) is 69.6 Å². The second-order valence-corrected chi connectivity index (χ2v) is 4.34. The Bertz CT molecular complexity index is 732. The highest BCUT2D eigenvalue weighted by Gasteiger charge is 2.22. The molecule has 110 valence electrons. The summed E-state index contributed by atoms with van der Waals surface area (Å²) in [6.07, 6.45) is 0. The van der Waals surface area contributed by atoms with Crippen molar-refractivity contribution < 1.29 is 28.2 Å². The molecule has 3 N–H and O–H groups in total. The van der Waals surface area contributed by atoms with Gasteiger partial charge >= 0.3 is 0 Å². The van der Waals surface area contributed by atoms with E-state index in [-0.39, 0.29) is 11.4 Å². The second-order valence-electron chi connectivity index (χ2n) is 4.34. The summed E-state index contributed by atoms with van der Waals surface area (Å²) < 4.78 is 39.7. The van der Waals surface area contributed by atoms with E-state index in [2.05, 4.69) is 5.32 Å². The molecule has 2 aromatic rings. The largest absolute Gasteiger partial charge is 0.508 e. The fourth-order valence-electron chi connectivity index (χ4n) is 1.73. The van der Waals surface area contributed by atoms with Gasteiger partial charge in [0.05, 0.1) is 5.56 Å². The van der Waals surface area contributed by atoms with Crippen LogP contribution in [0.2, 0.25) is 0 Å². The number of hydrogen-bond acceptors (Lipinski definition) is 3. The first-order valence-corrected chi connectivity index (χ1v) is 5.78. The van der Waals surface area contributed by atoms with E-state index in [1.54, 1.807) is 6.92 Å². The summed E-state index contributed by atoms with van der Waals surface area (Å²) in [5.41, 5.74) is -0.101. The van der Waals surface area contributed by atoms with Gasteiger partial charge < -0.3 is 15.5 Å². The summed E-state index contributed by atoms with van der Waals surface area (Å²) >= 11 is 0. The van der Waals surface area contributed by atoms with Gasteiger partial charge in [-0.1, -0.05) is 0 Å². The Morgan fingerprint density at radius 2 is 1.76 bits per heavy atom. The molecular weight excluding hydrogens is 287 g/mol. The quantitative estimate of drug-likeness (QED) is 0.589. The Labute approximate surface area is 117 Å². The third-order valence-electron chi connectivity index (χ3n) is 2.84. The van der Waals surface area contributed by atoms with Crippen LogP contribution in [0.5, 0.6) is 11.5 Å². The van der Waals surface area contributed by atoms with Crippen LogP contribution in [-0.4, -0.2) is 16.1 Å². The fourth-order valence-corrected chi connectivity index (χ4v) is 1.73. The molecular formula is C14H10F3NO3. The van der Waals surface area contributed by atoms with Gasteiger partial charge in [-0.15, -0.1) is 0 Å². The SMILES string of the molecule is Cc1cc(O)ccc1NC(=O)c1cc(F)c(F)c(O)c1F. The van der Waals surface area contributed by atoms with Crippen molar-refractivity contribution in [2.24, 2.45) is 0 Å². The molecule has 0 saturated heterocycles. The van der Waals surface area contributed by atoms with Crippen LogP contribution < -0.4 is 5.32 Å². The first-order valence-electron chi connectivity index (χ1n) is 5.78. The number of carbonyl (C=O) groups excluding carboxylic acids is 1. The van der Waals surface area contributed by atoms with Crippen LogP contribution in [0.1, 0.15) is 15.9 Å². The molecule has 0 unspecified atom stereocenters. The number of halogens is 3. The highest BCUT2D eigenvalue weighted by Crippen LogP contribution is 2.27. The van der Waals surface area contributed by atoms with Crippen LogP contribution in [0.3, 0.4) is 0 Å². The number of aryl methyl sites for hydroxylation is 1. The Morgan fingerprint density at radius 3 is 2.38 bits per heavy atom. The van der Waals surface area contributed by atoms with Gasteiger partial charge in [-0.3, -0.25) is 4.79 Å². The van der Waals surface area contributed by atoms with Crippen molar-refractivity contribution >= 4 is 11.6 Å². The highest BCUT2D eigenvalue weighted by atomic mass is 19.2. The molecule has 21 heavy (non-hydrogen) atoms. The van der Waals surface area contributed by atoms with E-state index in [9.17, 15) is 23.1 Å². The number of hydrogen-bond donors (Lipinski definition) is 3. The number of nitrogens with one attached hydrogen (secondary N) is 1. The highest BCUT2D eigenvalue weighted by molar-refractivity contribution is 6.05. The zero-order valence-electron chi connectivity index (χ0n) is 10.7. The summed E-state index contributed by atoms with van der Waals surface area (Å²) in [5.74, 6) is -7.49. The lowest BCUT2D eigenvalue weighted by molar-refractivity contribution is 0.102. The molecule has 0 atom stereocenters. The molecule has 0 saturated carbocycles. The van der Waals surface area contributed by atoms with Gasteiger partial charge in [0.1, 0.15) is 5.75 Å². The second kappa shape index (κ2) is 5.35. The molecule has 0 aliphatic carbocycles. The van der Waals surface area contributed by atoms with Gasteiger partial charge in [-0.2, -0.15) is 4.39 Å². The minimum absolute atomic E-state index is 0.0258. The molecule has 0 aromatic heterocycles. The third-order valence-corrected chi connectivity index (χ3v) is 2.84. The normalized spacial score (nSPS) is 10.5. The van der Waals surface area contributed by atoms with Crippen LogP contribution in [0, 0.1) is 24.4 Å². The van der Waals surface area contributed by atoms with Gasteiger partial charge in [0.2, 0.25) is 5.82 Å². The molecule has 0 bridgehead atoms. The van der Waals surface area contributed by atoms with E-state index >= 15 is 0 Å². The Balaban J connectivity index is 2.37. The van der Waals surface area contributed by atoms with Crippen molar-refractivity contribution in [3.05, 3.63) is 52.8 Å². The summed E-state index contributed by atoms with van der Waals surface area (Å²) in [5, 5.41) is 20.6. The average Bonchev–Trinajstić information content (AvgIpc) is 2.43. The van der Waals surface area contributed by atoms with Crippen molar-refractivity contribution in [2.75, 3.05) is 5.32 Å². The minimum Gasteiger partial charge on any atom is -0.508 e. The van der Waals surface area contributed by atoms with Crippen molar-refractivity contribution in [2.45, 2.75) is 6.92 Å². The van der Waals surface area contributed by atoms with Crippen LogP contribution >= 0.6 is 0 Å². The maximum Gasteiger partial charge on any atom is 0.258 e. The monoisotopic (exact) mass is 297 g/mol. The van der Waals surface area contributed by atoms with Gasteiger partial charge in [-0.25, -0.2) is 8.78 Å². The first-order chi connectivity index (χ1) is 9.81. The fraction of sp³-hybridized carbons (Fsp3) is 0.0714. The zero-order valence-corrected chi connectivity index (χ0v) is 10.7. The summed E-state index contributed by atoms with van der Waals surface area (Å²) in [6, 6.07) is 4.37. The number of aromatic hydroxyl groups is 2. The van der Waals surface area contributed by atoms with E-state index < -0.39 is 34.7 Å². The Morgan fingerprint density at radius 1 is 1.10 bits per heavy atom. The third kappa shape index (κ3) is 2.76. The molecule has 0 aliphatic heterocycles. The molecule has 0 aliphatic rings. The van der Waals surface area contributed by atoms with E-state index in [0.717, 1.165) is 0 Å². The van der Waals surface area contributed by atoms with Crippen LogP contribution in [0.4, 0.5) is 18.9 Å². The molecule has 4 nitrogen and oxygen atoms in total. The zero-order chi connectivity index (χ0) is 15.7. The minimum atomic E-state index is -1.76. The molecule has 1 amide bonds. The first kappa shape index (κ1) is 14.7. The average molecular weight is 297 g/mol. The number of amides is 1. The molecule has 0 fully saturated rings. The lowest BCUT2D eigenvalue weighted by Crippen LogP contribution is -2.15. The van der Waals surface area contributed by atoms with E-state index in [1.165, 1.54) is 18.2 Å². The summed E-state index contributed by atoms with van der Waals surface area (Å²) in [7, 11) is 0. The van der Waals surface area contributed by atoms with Gasteiger partial charge in [-0.05, 0) is 36.8 Å². The Hall–Kier alpha value is -2.70. The predicted octanol–water partition coefficient (Wildman–Crippen LogP) is 3.08. The van der Waals surface area contributed by atoms with Crippen molar-refractivity contribution in [3.63, 3.8) is 0 Å². The molecule has 7 heteroatoms. The lowest BCUT2D eigenvalue weighted by Gasteiger charge is -2.10. The van der Waals surface area contributed by atoms with Crippen molar-refractivity contribution in [1.82, 2.24) is 0 Å². The summed E-state index contributed by atoms with van der Waals surface area (Å²) in [6.45, 7) is 1.58. The molecule has 0 radical (unpaired) electrons. The molecule has 0 heterocycles. The molecule has 0 spiro atoms. The molecule has 2 aromatic carbocycles. The number of phenolic OH excluding ortho intramolecular Hbond substituents is 2. The molecule has 2 rings (SSSR count). The standard InChI is InChI=1S/C14H10F3NO3/c1-6-4-7(19)2-3-10(6)18-14(21)8-5-9(15)12(17)13(20)11(8)16/h2-5,19-20H,1H3,(H,18,21). The number of rotatable bonds is 2. The Kier molecular flexibility index (Phi) is 3.75. The maximum absolute atomic E-state index is 13.6. The predicted molar refractivity (Wildman–Crippen MR) is 68.8 cm³/mol. The smallest absolute Gasteiger partial charge is 0.258 e. The lowest BCUT2D eigenvalue weighted by atomic mass is 10.1. The number of benzene rings is 2. The van der Waals surface area contributed by atoms with Crippen LogP contribution in [0.15, 0.2) is 24.3 Å². The van der Waals surface area contributed by atoms with Gasteiger partial charge in [0.15, 0.2) is 17.4 Å². The van der Waals surface area contributed by atoms with Crippen molar-refractivity contribution in [1.29, 1.82) is 0 Å². The van der Waals surface area contributed by atoms with E-state index in [4.69, 9.17) is 5.11 Å². The van der Waals surface area contributed by atoms with E-state index in [1.807, 2.05) is 0 Å². The van der Waals surface area contributed by atoms with E-state index in [0.29, 0.717) is 11.6 Å². The van der Waals surface area contributed by atoms with Crippen LogP contribution in [0.25, 0.3) is 0 Å². The van der Waals surface area contributed by atoms with Crippen LogP contribution in [-0.2, 0) is 0 Å². The van der Waals surface area contributed by atoms with Crippen molar-refractivity contribution in [3.8, 4) is 11.5 Å². The summed E-state index contributed by atoms with van der Waals surface area (Å²) in [4.78, 5) is 11.9. The maximum atomic E-state index is 13.6. The number of carbonyl (C=O) groups is 1. The van der Waals surface area contributed by atoms with Gasteiger partial charge in [0, 0.05) is 5.69 Å². The van der Waals surface area contributed by atoms with Gasteiger partial charge in [0.25, 0.3) is 5.91 Å². The number of phenols is 2. The number of anilines is 1.